The van der Waals surface area contributed by atoms with Gasteiger partial charge >= 0.3 is 0 Å². The Bertz CT molecular complexity index is 198. The number of carbonyl (C=O) groups excluding carboxylic acids is 1. The van der Waals surface area contributed by atoms with Gasteiger partial charge in [0.15, 0.2) is 0 Å². The highest BCUT2D eigenvalue weighted by Gasteiger charge is 2.19. The number of hydrogen-bond donors (Lipinski definition) is 1. The molecule has 3 heteroatoms. The summed E-state index contributed by atoms with van der Waals surface area (Å²) >= 11 is 0. The van der Waals surface area contributed by atoms with Crippen molar-refractivity contribution in [3.63, 3.8) is 0 Å². The molecular formula is C12H24N2O. The van der Waals surface area contributed by atoms with Crippen LogP contribution < -0.4 is 5.32 Å². The number of hydrogen-bond acceptors (Lipinski definition) is 3. The lowest BCUT2D eigenvalue weighted by molar-refractivity contribution is -0.120. The molecule has 1 atom stereocenters. The van der Waals surface area contributed by atoms with E-state index < -0.39 is 0 Å². The lowest BCUT2D eigenvalue weighted by atomic mass is 10.0. The minimum Gasteiger partial charge on any atom is -0.314 e. The van der Waals surface area contributed by atoms with Crippen LogP contribution in [-0.4, -0.2) is 42.9 Å². The summed E-state index contributed by atoms with van der Waals surface area (Å²) < 4.78 is 0. The molecule has 0 saturated carbocycles. The number of carbonyl (C=O) groups is 1. The smallest absolute Gasteiger partial charge is 0.134 e. The van der Waals surface area contributed by atoms with E-state index in [0.717, 1.165) is 39.0 Å². The normalized spacial score (nSPS) is 20.5. The van der Waals surface area contributed by atoms with Gasteiger partial charge in [0.1, 0.15) is 5.78 Å². The van der Waals surface area contributed by atoms with Gasteiger partial charge in [0, 0.05) is 45.1 Å². The Morgan fingerprint density at radius 1 is 1.20 bits per heavy atom. The van der Waals surface area contributed by atoms with E-state index in [1.165, 1.54) is 0 Å². The summed E-state index contributed by atoms with van der Waals surface area (Å²) in [6.45, 7) is 10.7. The van der Waals surface area contributed by atoms with Crippen LogP contribution in [0.1, 0.15) is 33.6 Å². The lowest BCUT2D eigenvalue weighted by Gasteiger charge is -2.32. The quantitative estimate of drug-likeness (QED) is 0.745. The molecular weight excluding hydrogens is 188 g/mol. The molecule has 88 valence electrons. The molecule has 0 radical (unpaired) electrons. The molecule has 15 heavy (non-hydrogen) atoms. The molecule has 0 spiro atoms. The van der Waals surface area contributed by atoms with Crippen molar-refractivity contribution in [1.29, 1.82) is 0 Å². The zero-order valence-corrected chi connectivity index (χ0v) is 10.3. The second kappa shape index (κ2) is 6.23. The Hall–Kier alpha value is -0.410. The summed E-state index contributed by atoms with van der Waals surface area (Å²) in [6, 6.07) is 0.415. The van der Waals surface area contributed by atoms with Gasteiger partial charge in [0.25, 0.3) is 0 Å². The fourth-order valence-corrected chi connectivity index (χ4v) is 2.12. The largest absolute Gasteiger partial charge is 0.314 e. The highest BCUT2D eigenvalue weighted by Crippen LogP contribution is 2.10. The standard InChI is InChI=1S/C12H24N2O/c1-10(2)8-12(15)9-11(3)14-6-4-13-5-7-14/h10-11,13H,4-9H2,1-3H3. The van der Waals surface area contributed by atoms with E-state index in [1.54, 1.807) is 0 Å². The Kier molecular flexibility index (Phi) is 5.26. The molecule has 1 N–H and O–H groups in total. The summed E-state index contributed by atoms with van der Waals surface area (Å²) in [5.74, 6) is 0.906. The van der Waals surface area contributed by atoms with Crippen LogP contribution in [0.25, 0.3) is 0 Å². The molecule has 1 aliphatic rings. The predicted molar refractivity (Wildman–Crippen MR) is 63.0 cm³/mol. The summed E-state index contributed by atoms with van der Waals surface area (Å²) in [5.41, 5.74) is 0. The van der Waals surface area contributed by atoms with Gasteiger partial charge in [0.2, 0.25) is 0 Å². The van der Waals surface area contributed by atoms with E-state index in [2.05, 4.69) is 31.0 Å². The number of piperazine rings is 1. The zero-order chi connectivity index (χ0) is 11.3. The number of nitrogens with one attached hydrogen (secondary N) is 1. The average Bonchev–Trinajstić information content (AvgIpc) is 2.17. The molecule has 0 amide bonds. The first-order chi connectivity index (χ1) is 7.09. The predicted octanol–water partition coefficient (Wildman–Crippen LogP) is 1.29. The van der Waals surface area contributed by atoms with Gasteiger partial charge in [-0.1, -0.05) is 13.8 Å². The van der Waals surface area contributed by atoms with Crippen LogP contribution in [-0.2, 0) is 4.79 Å². The highest BCUT2D eigenvalue weighted by atomic mass is 16.1. The van der Waals surface area contributed by atoms with Crippen molar-refractivity contribution in [3.05, 3.63) is 0 Å². The third-order valence-electron chi connectivity index (χ3n) is 2.93. The summed E-state index contributed by atoms with van der Waals surface area (Å²) in [7, 11) is 0. The molecule has 1 fully saturated rings. The lowest BCUT2D eigenvalue weighted by Crippen LogP contribution is -2.48. The third kappa shape index (κ3) is 4.76. The minimum absolute atomic E-state index is 0.413. The maximum Gasteiger partial charge on any atom is 0.134 e. The van der Waals surface area contributed by atoms with E-state index in [0.29, 0.717) is 17.7 Å². The minimum atomic E-state index is 0.413. The van der Waals surface area contributed by atoms with E-state index in [4.69, 9.17) is 0 Å². The van der Waals surface area contributed by atoms with Gasteiger partial charge < -0.3 is 5.32 Å². The zero-order valence-electron chi connectivity index (χ0n) is 10.3. The second-order valence-electron chi connectivity index (χ2n) is 4.98. The molecule has 1 saturated heterocycles. The van der Waals surface area contributed by atoms with Crippen molar-refractivity contribution in [2.45, 2.75) is 39.7 Å². The molecule has 0 bridgehead atoms. The molecule has 1 heterocycles. The van der Waals surface area contributed by atoms with Crippen LogP contribution >= 0.6 is 0 Å². The van der Waals surface area contributed by atoms with Crippen LogP contribution in [0.5, 0.6) is 0 Å². The van der Waals surface area contributed by atoms with Crippen molar-refractivity contribution in [2.24, 2.45) is 5.92 Å². The summed E-state index contributed by atoms with van der Waals surface area (Å²) in [6.07, 6.45) is 1.45. The van der Waals surface area contributed by atoms with Crippen molar-refractivity contribution in [1.82, 2.24) is 10.2 Å². The Labute approximate surface area is 93.2 Å². The Morgan fingerprint density at radius 2 is 1.80 bits per heavy atom. The third-order valence-corrected chi connectivity index (χ3v) is 2.93. The molecule has 0 aromatic heterocycles. The number of nitrogens with zero attached hydrogens (tertiary/aromatic N) is 1. The van der Waals surface area contributed by atoms with Crippen molar-refractivity contribution >= 4 is 5.78 Å². The fraction of sp³-hybridized carbons (Fsp3) is 0.917. The van der Waals surface area contributed by atoms with Crippen LogP contribution in [0.15, 0.2) is 0 Å². The monoisotopic (exact) mass is 212 g/mol. The summed E-state index contributed by atoms with van der Waals surface area (Å²) in [5, 5.41) is 3.33. The van der Waals surface area contributed by atoms with Gasteiger partial charge in [-0.3, -0.25) is 9.69 Å². The number of ketones is 1. The first-order valence-corrected chi connectivity index (χ1v) is 6.06. The van der Waals surface area contributed by atoms with Gasteiger partial charge in [-0.2, -0.15) is 0 Å². The SMILES string of the molecule is CC(C)CC(=O)CC(C)N1CCNCC1. The van der Waals surface area contributed by atoms with Gasteiger partial charge in [-0.05, 0) is 12.8 Å². The second-order valence-corrected chi connectivity index (χ2v) is 4.98. The fourth-order valence-electron chi connectivity index (χ4n) is 2.12. The molecule has 0 aliphatic carbocycles. The Morgan fingerprint density at radius 3 is 2.33 bits per heavy atom. The molecule has 0 aromatic carbocycles. The van der Waals surface area contributed by atoms with E-state index in [1.807, 2.05) is 0 Å². The maximum absolute atomic E-state index is 11.7. The molecule has 3 nitrogen and oxygen atoms in total. The maximum atomic E-state index is 11.7. The van der Waals surface area contributed by atoms with Gasteiger partial charge in [0.05, 0.1) is 0 Å². The van der Waals surface area contributed by atoms with Crippen LogP contribution in [0, 0.1) is 5.92 Å². The van der Waals surface area contributed by atoms with Crippen molar-refractivity contribution in [2.75, 3.05) is 26.2 Å². The Balaban J connectivity index is 2.27. The number of Topliss-reactive ketones (excluding diaryl/α,β-unsaturated/α-hetero) is 1. The first-order valence-electron chi connectivity index (χ1n) is 6.06. The highest BCUT2D eigenvalue weighted by molar-refractivity contribution is 5.79. The van der Waals surface area contributed by atoms with Crippen LogP contribution in [0.3, 0.4) is 0 Å². The topological polar surface area (TPSA) is 32.3 Å². The average molecular weight is 212 g/mol. The van der Waals surface area contributed by atoms with Crippen LogP contribution in [0.4, 0.5) is 0 Å². The molecule has 1 unspecified atom stereocenters. The number of rotatable bonds is 5. The van der Waals surface area contributed by atoms with Gasteiger partial charge in [-0.15, -0.1) is 0 Å². The molecule has 0 aromatic rings. The van der Waals surface area contributed by atoms with E-state index in [9.17, 15) is 4.79 Å². The van der Waals surface area contributed by atoms with Crippen molar-refractivity contribution < 1.29 is 4.79 Å². The molecule has 1 rings (SSSR count). The van der Waals surface area contributed by atoms with E-state index >= 15 is 0 Å². The van der Waals surface area contributed by atoms with E-state index in [-0.39, 0.29) is 0 Å². The first kappa shape index (κ1) is 12.7. The molecule has 1 aliphatic heterocycles. The van der Waals surface area contributed by atoms with Crippen LogP contribution in [0.2, 0.25) is 0 Å². The summed E-state index contributed by atoms with van der Waals surface area (Å²) in [4.78, 5) is 14.1. The van der Waals surface area contributed by atoms with Crippen molar-refractivity contribution in [3.8, 4) is 0 Å². The van der Waals surface area contributed by atoms with Gasteiger partial charge in [-0.25, -0.2) is 0 Å².